The van der Waals surface area contributed by atoms with Crippen molar-refractivity contribution < 1.29 is 156 Å². The average Bonchev–Trinajstić information content (AvgIpc) is 1.59. The second-order valence-corrected chi connectivity index (χ2v) is 28.6. The van der Waals surface area contributed by atoms with Gasteiger partial charge < -0.3 is 120 Å². The monoisotopic (exact) mass is 1820 g/mol. The van der Waals surface area contributed by atoms with Crippen LogP contribution in [0.4, 0.5) is 8.78 Å². The van der Waals surface area contributed by atoms with E-state index in [1.807, 2.05) is 124 Å². The number of nitrogens with two attached hydrogens (primary N) is 2. The summed E-state index contributed by atoms with van der Waals surface area (Å²) in [6, 6.07) is 39.4. The minimum absolute atomic E-state index is 0. The van der Waals surface area contributed by atoms with Gasteiger partial charge in [0.15, 0.2) is 35.6 Å². The van der Waals surface area contributed by atoms with Crippen LogP contribution >= 0.6 is 15.9 Å². The number of methoxy groups -OCH3 is 3. The van der Waals surface area contributed by atoms with E-state index in [1.165, 1.54) is 17.7 Å². The Labute approximate surface area is 759 Å². The van der Waals surface area contributed by atoms with E-state index in [2.05, 4.69) is 68.7 Å². The molecule has 5 unspecified atom stereocenters. The van der Waals surface area contributed by atoms with E-state index in [0.717, 1.165) is 45.7 Å². The number of hydrogen-bond donors (Lipinski definition) is 13. The van der Waals surface area contributed by atoms with Crippen molar-refractivity contribution in [2.75, 3.05) is 61.0 Å². The van der Waals surface area contributed by atoms with E-state index in [9.17, 15) is 68.2 Å². The number of benzene rings is 4. The number of aliphatic hydroxyl groups is 8. The predicted octanol–water partition coefficient (Wildman–Crippen LogP) is 10.2. The number of carbonyl (C=O) groups excluding carboxylic acids is 5. The summed E-state index contributed by atoms with van der Waals surface area (Å²) in [5, 5.41) is 84.3. The number of hydrogen-bond acceptors (Lipinski definition) is 25. The maximum absolute atomic E-state index is 12.3. The van der Waals surface area contributed by atoms with Crippen molar-refractivity contribution in [1.29, 1.82) is 0 Å². The number of carboxylic acids is 1. The van der Waals surface area contributed by atoms with Crippen LogP contribution in [0.1, 0.15) is 248 Å². The van der Waals surface area contributed by atoms with E-state index < -0.39 is 91.7 Å². The number of esters is 4. The van der Waals surface area contributed by atoms with Gasteiger partial charge in [-0.05, 0) is 91.8 Å². The standard InChI is InChI=1S/C18H23NO3.C16H19NO3.C14H23NO6.C11H17NO3.C8H14O3.C7H7Br.C7H7F2N.C6H13NO5.3CH4.Na.H2O/c1-5-22-18(20)15-11-16(21-4)19(17(15)13(2)3)12-14-9-7-6-8-10-14;1-11(2)15-13(16(18)19)9-14(20-3)17(15)10-12-7-5-4-6-8-12;1-4-21-14(20)8-5-9(15-11(8)7(2)3)12(18)13(19)10(17)6-16;1-5-15-11(13)8-6-9(14-4)12-10(8)7(2)3;1-4-11-8(10)5-7(9)6(2)3;8-6-7-4-2-1-3-5-7;8-6-2-1-5(4-10)3-7(6)9;7-3-5(10)4(9)2(1-8)12-6(3)11;;;;;/h6-11,13H,5,12H2,1-4H3;4-9,11H,10H2,1-3H3,(H,18,19);5,7,10,12-13,15-19H,4,6H2,1-3H3;6-7,12H,5H2,1-4H3;6H,4-5H2,1-3H3;1-5H,6H2;1-3H,4,10H2;2-6,8-11H,1,7H2;3*1H4;;1H2/q;;;;;;;;;;;+1;/p-1/t;;10-,12-,13-;;;;;;;;;;/m..1........../s1. The molecule has 1 saturated heterocycles. The normalized spacial score (nSPS) is 14.6. The molecule has 0 aliphatic carbocycles. The Morgan fingerprint density at radius 2 is 0.960 bits per heavy atom. The van der Waals surface area contributed by atoms with E-state index >= 15 is 0 Å². The number of ether oxygens (including phenoxy) is 8. The summed E-state index contributed by atoms with van der Waals surface area (Å²) in [4.78, 5) is 74.7. The molecule has 9 rings (SSSR count). The van der Waals surface area contributed by atoms with Crippen LogP contribution in [0.2, 0.25) is 0 Å². The molecule has 0 radical (unpaired) electrons. The Kier molecular flexibility index (Phi) is 62.8. The molecule has 0 bridgehead atoms. The number of ketones is 1. The van der Waals surface area contributed by atoms with Crippen molar-refractivity contribution in [2.45, 2.75) is 223 Å². The fraction of sp³-hybridized carbons (Fsp3) is 0.489. The number of aromatic nitrogens is 4. The zero-order valence-corrected chi connectivity index (χ0v) is 75.9. The fourth-order valence-electron chi connectivity index (χ4n) is 11.3. The number of alkyl halides is 1. The molecule has 0 saturated carbocycles. The fourth-order valence-corrected chi connectivity index (χ4v) is 11.7. The second kappa shape index (κ2) is 64.1. The van der Waals surface area contributed by atoms with Crippen molar-refractivity contribution in [3.8, 4) is 17.6 Å². The molecule has 4 aromatic carbocycles. The molecule has 8 atom stereocenters. The van der Waals surface area contributed by atoms with Crippen LogP contribution in [0.5, 0.6) is 17.6 Å². The molecule has 16 N–H and O–H groups in total. The van der Waals surface area contributed by atoms with Gasteiger partial charge in [-0.15, -0.1) is 0 Å². The molecule has 5 heterocycles. The molecule has 124 heavy (non-hydrogen) atoms. The van der Waals surface area contributed by atoms with E-state index in [0.29, 0.717) is 78.5 Å². The third-order valence-corrected chi connectivity index (χ3v) is 18.2. The number of aliphatic hydroxyl groups excluding tert-OH is 8. The van der Waals surface area contributed by atoms with E-state index in [1.54, 1.807) is 74.1 Å². The van der Waals surface area contributed by atoms with Crippen molar-refractivity contribution in [3.05, 3.63) is 218 Å². The van der Waals surface area contributed by atoms with Crippen molar-refractivity contribution in [1.82, 2.24) is 19.1 Å². The van der Waals surface area contributed by atoms with Crippen molar-refractivity contribution >= 4 is 51.6 Å². The Balaban J connectivity index is -0.000000673. The smallest absolute Gasteiger partial charge is 0.870 e. The third-order valence-electron chi connectivity index (χ3n) is 17.5. The van der Waals surface area contributed by atoms with Gasteiger partial charge in [0, 0.05) is 64.5 Å². The average molecular weight is 1830 g/mol. The zero-order chi connectivity index (χ0) is 89.9. The molecule has 30 nitrogen and oxygen atoms in total. The number of aromatic amines is 2. The molecule has 4 aromatic heterocycles. The van der Waals surface area contributed by atoms with Gasteiger partial charge in [0.25, 0.3) is 0 Å². The van der Waals surface area contributed by atoms with Crippen LogP contribution in [-0.4, -0.2) is 210 Å². The zero-order valence-electron chi connectivity index (χ0n) is 72.4. The van der Waals surface area contributed by atoms with Crippen LogP contribution in [0.25, 0.3) is 0 Å². The van der Waals surface area contributed by atoms with Crippen LogP contribution < -0.4 is 55.2 Å². The van der Waals surface area contributed by atoms with Crippen LogP contribution in [0.15, 0.2) is 133 Å². The summed E-state index contributed by atoms with van der Waals surface area (Å²) in [6.45, 7) is 28.1. The molecule has 1 aliphatic rings. The Hall–Kier alpha value is -8.72. The molecule has 0 amide bonds. The van der Waals surface area contributed by atoms with Crippen LogP contribution in [0.3, 0.4) is 0 Å². The number of aromatic carboxylic acids is 1. The van der Waals surface area contributed by atoms with Gasteiger partial charge in [-0.25, -0.2) is 28.0 Å². The van der Waals surface area contributed by atoms with Gasteiger partial charge in [-0.1, -0.05) is 205 Å². The first-order chi connectivity index (χ1) is 56.4. The Bertz CT molecular complexity index is 4290. The van der Waals surface area contributed by atoms with Crippen LogP contribution in [-0.2, 0) is 58.2 Å². The number of nitrogens with zero attached hydrogens (tertiary/aromatic N) is 2. The SMILES string of the molecule is BrCc1ccccc1.C.C.C.CCOC(=O)CC(=O)C(C)C.CCOC(=O)c1cc(OC)[nH]c1C(C)C.CCOC(=O)c1cc(OC)n(Cc2ccccc2)c1C(C)C.CCOC(=O)c1cc([C@@H](O)[C@H](O)[C@H](O)CO)[nH]c1C(C)C.COc1cc(C(=O)O)c(C(C)C)n1Cc1ccccc1.NC1C(O)OC(CO)C(O)C1O.NCc1ccc(F)c(F)c1.[Na+].[OH-]. The summed E-state index contributed by atoms with van der Waals surface area (Å²) in [7, 11) is 4.74. The number of Topliss-reactive ketones (excluding diaryl/α,β-unsaturated/α-hetero) is 1. The number of H-pyrrole nitrogens is 2. The first-order valence-corrected chi connectivity index (χ1v) is 40.0. The number of rotatable bonds is 29. The molecule has 1 aliphatic heterocycles. The first-order valence-electron chi connectivity index (χ1n) is 38.9. The predicted molar refractivity (Wildman–Crippen MR) is 471 cm³/mol. The summed E-state index contributed by atoms with van der Waals surface area (Å²) in [6.07, 6.45) is -9.44. The van der Waals surface area contributed by atoms with Gasteiger partial charge >= 0.3 is 59.4 Å². The minimum atomic E-state index is -1.57. The topological polar surface area (TPSA) is 482 Å². The van der Waals surface area contributed by atoms with E-state index in [-0.39, 0.29) is 135 Å². The molecular weight excluding hydrogens is 1690 g/mol. The largest absolute Gasteiger partial charge is 1.00 e. The maximum atomic E-state index is 12.3. The summed E-state index contributed by atoms with van der Waals surface area (Å²) < 4.78 is 68.8. The number of halogens is 3. The molecule has 8 aromatic rings. The minimum Gasteiger partial charge on any atom is -0.870 e. The Morgan fingerprint density at radius 1 is 0.540 bits per heavy atom. The Morgan fingerprint density at radius 3 is 1.32 bits per heavy atom. The maximum Gasteiger partial charge on any atom is 1.00 e. The molecular formula is C90H136BrF2N6NaO24. The second-order valence-electron chi connectivity index (χ2n) is 28.1. The van der Waals surface area contributed by atoms with Crippen molar-refractivity contribution in [2.24, 2.45) is 17.4 Å². The summed E-state index contributed by atoms with van der Waals surface area (Å²) in [5.74, 6) is -1.95. The third kappa shape index (κ3) is 39.4. The van der Waals surface area contributed by atoms with Gasteiger partial charge in [0.05, 0.1) is 102 Å². The van der Waals surface area contributed by atoms with E-state index in [4.69, 9.17) is 59.9 Å². The molecule has 0 spiro atoms. The number of carbonyl (C=O) groups is 6. The number of carboxylic acid groups (broad SMARTS) is 1. The molecule has 692 valence electrons. The van der Waals surface area contributed by atoms with Gasteiger partial charge in [-0.2, -0.15) is 0 Å². The molecule has 1 fully saturated rings. The van der Waals surface area contributed by atoms with Crippen molar-refractivity contribution in [3.63, 3.8) is 0 Å². The summed E-state index contributed by atoms with van der Waals surface area (Å²) in [5.41, 5.74) is 19.7. The van der Waals surface area contributed by atoms with Crippen LogP contribution in [0, 0.1) is 17.6 Å². The summed E-state index contributed by atoms with van der Waals surface area (Å²) >= 11 is 3.36. The molecule has 34 heteroatoms. The first kappa shape index (κ1) is 122. The number of nitrogens with one attached hydrogen (secondary N) is 2. The van der Waals surface area contributed by atoms with Gasteiger partial charge in [-0.3, -0.25) is 9.59 Å². The quantitative estimate of drug-likeness (QED) is 0.00681. The van der Waals surface area contributed by atoms with Gasteiger partial charge in [0.1, 0.15) is 48.8 Å². The van der Waals surface area contributed by atoms with Gasteiger partial charge in [0.2, 0.25) is 0 Å².